The highest BCUT2D eigenvalue weighted by atomic mass is 19.1. The topological polar surface area (TPSA) is 88.3 Å². The van der Waals surface area contributed by atoms with Crippen LogP contribution in [0.2, 0.25) is 0 Å². The van der Waals surface area contributed by atoms with E-state index in [1.165, 1.54) is 24.3 Å². The average Bonchev–Trinajstić information content (AvgIpc) is 3.28. The van der Waals surface area contributed by atoms with Crippen LogP contribution in [0.1, 0.15) is 17.9 Å². The summed E-state index contributed by atoms with van der Waals surface area (Å²) in [5, 5.41) is 6.52. The van der Waals surface area contributed by atoms with Crippen LogP contribution in [-0.4, -0.2) is 33.0 Å². The first kappa shape index (κ1) is 17.8. The second-order valence-electron chi connectivity index (χ2n) is 6.47. The van der Waals surface area contributed by atoms with Crippen molar-refractivity contribution in [3.8, 4) is 11.4 Å². The Bertz CT molecular complexity index is 988. The number of rotatable bonds is 6. The number of carbonyl (C=O) groups is 2. The monoisotopic (exact) mass is 380 g/mol. The molecule has 28 heavy (non-hydrogen) atoms. The van der Waals surface area contributed by atoms with Gasteiger partial charge in [-0.15, -0.1) is 0 Å². The van der Waals surface area contributed by atoms with Crippen molar-refractivity contribution in [2.45, 2.75) is 25.4 Å². The second kappa shape index (κ2) is 7.59. The molecule has 0 spiro atoms. The van der Waals surface area contributed by atoms with Crippen LogP contribution >= 0.6 is 0 Å². The number of hydrogen-bond acceptors (Lipinski definition) is 5. The van der Waals surface area contributed by atoms with Gasteiger partial charge >= 0.3 is 6.03 Å². The van der Waals surface area contributed by atoms with Crippen LogP contribution in [0, 0.1) is 5.82 Å². The Morgan fingerprint density at radius 2 is 1.82 bits per heavy atom. The first-order chi connectivity index (χ1) is 13.6. The predicted octanol–water partition coefficient (Wildman–Crippen LogP) is 2.93. The number of urea groups is 1. The zero-order valence-electron chi connectivity index (χ0n) is 14.8. The minimum atomic E-state index is -0.577. The number of hydrogen-bond donors (Lipinski definition) is 1. The molecule has 0 saturated carbocycles. The zero-order chi connectivity index (χ0) is 19.5. The van der Waals surface area contributed by atoms with Crippen molar-refractivity contribution in [3.63, 3.8) is 0 Å². The molecule has 7 nitrogen and oxygen atoms in total. The van der Waals surface area contributed by atoms with Gasteiger partial charge in [-0.05, 0) is 42.7 Å². The Hall–Kier alpha value is -3.55. The van der Waals surface area contributed by atoms with Crippen LogP contribution in [0.3, 0.4) is 0 Å². The van der Waals surface area contributed by atoms with Crippen LogP contribution in [-0.2, 0) is 17.8 Å². The van der Waals surface area contributed by atoms with Crippen molar-refractivity contribution in [1.82, 2.24) is 20.4 Å². The van der Waals surface area contributed by atoms with Crippen molar-refractivity contribution < 1.29 is 18.5 Å². The van der Waals surface area contributed by atoms with Gasteiger partial charge in [-0.3, -0.25) is 9.69 Å². The lowest BCUT2D eigenvalue weighted by molar-refractivity contribution is -0.128. The molecule has 1 aliphatic heterocycles. The number of amides is 3. The maximum Gasteiger partial charge on any atom is 0.325 e. The first-order valence-electron chi connectivity index (χ1n) is 8.84. The predicted molar refractivity (Wildman–Crippen MR) is 97.3 cm³/mol. The van der Waals surface area contributed by atoms with Gasteiger partial charge in [0.25, 0.3) is 5.91 Å². The quantitative estimate of drug-likeness (QED) is 0.664. The summed E-state index contributed by atoms with van der Waals surface area (Å²) in [5.41, 5.74) is 1.68. The molecule has 0 bridgehead atoms. The third-order valence-corrected chi connectivity index (χ3v) is 4.54. The summed E-state index contributed by atoms with van der Waals surface area (Å²) in [5.74, 6) is -0.287. The summed E-state index contributed by atoms with van der Waals surface area (Å²) in [6.07, 6.45) is 1.19. The van der Waals surface area contributed by atoms with E-state index in [0.717, 1.165) is 10.5 Å². The molecule has 3 aromatic rings. The molecule has 1 unspecified atom stereocenters. The molecule has 4 rings (SSSR count). The minimum Gasteiger partial charge on any atom is -0.337 e. The molecule has 8 heteroatoms. The molecule has 0 aliphatic carbocycles. The molecule has 1 saturated heterocycles. The third kappa shape index (κ3) is 3.75. The molecule has 0 radical (unpaired) electrons. The number of aromatic nitrogens is 2. The molecule has 2 aromatic carbocycles. The standard InChI is InChI=1S/C20H17FN4O3/c21-15-9-7-14(8-10-15)18-23-17(28-24-18)12-25-19(26)16(22-20(25)27)11-6-13-4-2-1-3-5-13/h1-5,7-10,16H,6,11-12H2,(H,22,27). The maximum atomic E-state index is 13.0. The van der Waals surface area contributed by atoms with Gasteiger partial charge in [-0.1, -0.05) is 35.5 Å². The van der Waals surface area contributed by atoms with E-state index in [1.54, 1.807) is 0 Å². The number of imide groups is 1. The molecule has 3 amide bonds. The molecule has 1 aliphatic rings. The minimum absolute atomic E-state index is 0.110. The Morgan fingerprint density at radius 1 is 1.07 bits per heavy atom. The Balaban J connectivity index is 1.40. The highest BCUT2D eigenvalue weighted by Crippen LogP contribution is 2.19. The maximum absolute atomic E-state index is 13.0. The first-order valence-corrected chi connectivity index (χ1v) is 8.84. The van der Waals surface area contributed by atoms with Gasteiger partial charge in [0.15, 0.2) is 0 Å². The van der Waals surface area contributed by atoms with E-state index in [2.05, 4.69) is 15.5 Å². The van der Waals surface area contributed by atoms with Gasteiger partial charge < -0.3 is 9.84 Å². The van der Waals surface area contributed by atoms with Crippen LogP contribution < -0.4 is 5.32 Å². The van der Waals surface area contributed by atoms with Gasteiger partial charge in [0.1, 0.15) is 18.4 Å². The lowest BCUT2D eigenvalue weighted by Crippen LogP contribution is -2.31. The van der Waals surface area contributed by atoms with Crippen molar-refractivity contribution in [3.05, 3.63) is 71.9 Å². The third-order valence-electron chi connectivity index (χ3n) is 4.54. The van der Waals surface area contributed by atoms with Gasteiger partial charge in [-0.25, -0.2) is 9.18 Å². The summed E-state index contributed by atoms with van der Waals surface area (Å²) >= 11 is 0. The van der Waals surface area contributed by atoms with Crippen LogP contribution in [0.15, 0.2) is 59.1 Å². The van der Waals surface area contributed by atoms with Gasteiger partial charge in [0, 0.05) is 5.56 Å². The lowest BCUT2D eigenvalue weighted by Gasteiger charge is -2.10. The normalized spacial score (nSPS) is 16.5. The number of halogens is 1. The summed E-state index contributed by atoms with van der Waals surface area (Å²) in [6.45, 7) is -0.110. The number of carbonyl (C=O) groups excluding carboxylic acids is 2. The fourth-order valence-corrected chi connectivity index (χ4v) is 3.05. The lowest BCUT2D eigenvalue weighted by atomic mass is 10.1. The van der Waals surface area contributed by atoms with E-state index >= 15 is 0 Å². The molecule has 1 N–H and O–H groups in total. The molecule has 1 aromatic heterocycles. The fraction of sp³-hybridized carbons (Fsp3) is 0.200. The van der Waals surface area contributed by atoms with E-state index in [-0.39, 0.29) is 30.0 Å². The van der Waals surface area contributed by atoms with E-state index in [0.29, 0.717) is 18.4 Å². The molecule has 1 fully saturated rings. The van der Waals surface area contributed by atoms with Crippen molar-refractivity contribution in [1.29, 1.82) is 0 Å². The molecular formula is C20H17FN4O3. The molecule has 142 valence electrons. The fourth-order valence-electron chi connectivity index (χ4n) is 3.05. The van der Waals surface area contributed by atoms with E-state index in [1.807, 2.05) is 30.3 Å². The largest absolute Gasteiger partial charge is 0.337 e. The Labute approximate surface area is 160 Å². The number of aryl methyl sites for hydroxylation is 1. The highest BCUT2D eigenvalue weighted by Gasteiger charge is 2.38. The van der Waals surface area contributed by atoms with Crippen molar-refractivity contribution >= 4 is 11.9 Å². The highest BCUT2D eigenvalue weighted by molar-refractivity contribution is 6.04. The van der Waals surface area contributed by atoms with Crippen molar-refractivity contribution in [2.75, 3.05) is 0 Å². The van der Waals surface area contributed by atoms with Crippen molar-refractivity contribution in [2.24, 2.45) is 0 Å². The van der Waals surface area contributed by atoms with Gasteiger partial charge in [-0.2, -0.15) is 4.98 Å². The van der Waals surface area contributed by atoms with Gasteiger partial charge in [0.2, 0.25) is 11.7 Å². The van der Waals surface area contributed by atoms with E-state index < -0.39 is 12.1 Å². The summed E-state index contributed by atoms with van der Waals surface area (Å²) in [6, 6.07) is 14.3. The Kier molecular flexibility index (Phi) is 4.84. The number of benzene rings is 2. The second-order valence-corrected chi connectivity index (χ2v) is 6.47. The van der Waals surface area contributed by atoms with Crippen LogP contribution in [0.4, 0.5) is 9.18 Å². The average molecular weight is 380 g/mol. The molecular weight excluding hydrogens is 363 g/mol. The summed E-state index contributed by atoms with van der Waals surface area (Å²) < 4.78 is 18.2. The van der Waals surface area contributed by atoms with E-state index in [4.69, 9.17) is 4.52 Å². The number of nitrogens with one attached hydrogen (secondary N) is 1. The summed E-state index contributed by atoms with van der Waals surface area (Å²) in [4.78, 5) is 30.0. The van der Waals surface area contributed by atoms with E-state index in [9.17, 15) is 14.0 Å². The number of nitrogens with zero attached hydrogens (tertiary/aromatic N) is 3. The smallest absolute Gasteiger partial charge is 0.325 e. The molecule has 1 atom stereocenters. The Morgan fingerprint density at radius 3 is 2.57 bits per heavy atom. The summed E-state index contributed by atoms with van der Waals surface area (Å²) in [7, 11) is 0. The van der Waals surface area contributed by atoms with Crippen LogP contribution in [0.25, 0.3) is 11.4 Å². The SMILES string of the molecule is O=C1NC(CCc2ccccc2)C(=O)N1Cc1nc(-c2ccc(F)cc2)no1. The van der Waals surface area contributed by atoms with Gasteiger partial charge in [0.05, 0.1) is 0 Å². The van der Waals surface area contributed by atoms with Crippen LogP contribution in [0.5, 0.6) is 0 Å². The molecule has 2 heterocycles. The zero-order valence-corrected chi connectivity index (χ0v) is 14.8.